The molecule has 0 amide bonds. The molecular formula is C13H15BrN4O. The molecule has 1 aromatic carbocycles. The quantitative estimate of drug-likeness (QED) is 0.693. The van der Waals surface area contributed by atoms with Gasteiger partial charge in [-0.15, -0.1) is 0 Å². The lowest BCUT2D eigenvalue weighted by molar-refractivity contribution is 0.0988. The number of aromatic nitrogens is 3. The van der Waals surface area contributed by atoms with Gasteiger partial charge in [-0.25, -0.2) is 9.67 Å². The van der Waals surface area contributed by atoms with Crippen molar-refractivity contribution in [2.24, 2.45) is 0 Å². The van der Waals surface area contributed by atoms with E-state index in [4.69, 9.17) is 5.73 Å². The van der Waals surface area contributed by atoms with Crippen LogP contribution in [0.1, 0.15) is 36.1 Å². The molecule has 0 fully saturated rings. The molecule has 0 unspecified atom stereocenters. The average molecular weight is 323 g/mol. The lowest BCUT2D eigenvalue weighted by Crippen LogP contribution is -2.13. The van der Waals surface area contributed by atoms with Crippen molar-refractivity contribution in [3.63, 3.8) is 0 Å². The molecule has 0 spiro atoms. The van der Waals surface area contributed by atoms with E-state index in [9.17, 15) is 4.79 Å². The van der Waals surface area contributed by atoms with Crippen LogP contribution in [0.4, 0.5) is 5.69 Å². The summed E-state index contributed by atoms with van der Waals surface area (Å²) in [5, 5.41) is 4.12. The van der Waals surface area contributed by atoms with Crippen molar-refractivity contribution in [3.05, 3.63) is 40.4 Å². The summed E-state index contributed by atoms with van der Waals surface area (Å²) in [5.41, 5.74) is 6.88. The van der Waals surface area contributed by atoms with Crippen molar-refractivity contribution in [2.45, 2.75) is 26.3 Å². The highest BCUT2D eigenvalue weighted by atomic mass is 79.9. The normalized spacial score (nSPS) is 10.9. The molecule has 100 valence electrons. The zero-order chi connectivity index (χ0) is 14.0. The second-order valence-electron chi connectivity index (χ2n) is 4.55. The number of halogens is 1. The van der Waals surface area contributed by atoms with Crippen LogP contribution in [0, 0.1) is 0 Å². The summed E-state index contributed by atoms with van der Waals surface area (Å²) in [4.78, 5) is 16.4. The zero-order valence-corrected chi connectivity index (χ0v) is 12.4. The van der Waals surface area contributed by atoms with Crippen molar-refractivity contribution >= 4 is 27.4 Å². The third kappa shape index (κ3) is 3.01. The summed E-state index contributed by atoms with van der Waals surface area (Å²) >= 11 is 3.36. The first-order valence-electron chi connectivity index (χ1n) is 5.95. The lowest BCUT2D eigenvalue weighted by Gasteiger charge is -2.09. The fraction of sp³-hybridized carbons (Fsp3) is 0.308. The maximum atomic E-state index is 12.3. The molecule has 0 atom stereocenters. The largest absolute Gasteiger partial charge is 0.399 e. The number of nitrogens with two attached hydrogens (primary N) is 1. The minimum absolute atomic E-state index is 0.0122. The Hall–Kier alpha value is -1.69. The van der Waals surface area contributed by atoms with E-state index in [0.717, 1.165) is 0 Å². The van der Waals surface area contributed by atoms with E-state index in [2.05, 4.69) is 26.0 Å². The van der Waals surface area contributed by atoms with Crippen molar-refractivity contribution in [2.75, 3.05) is 5.73 Å². The van der Waals surface area contributed by atoms with Gasteiger partial charge in [0.25, 0.3) is 0 Å². The summed E-state index contributed by atoms with van der Waals surface area (Å²) in [7, 11) is 0. The minimum Gasteiger partial charge on any atom is -0.399 e. The highest BCUT2D eigenvalue weighted by molar-refractivity contribution is 9.10. The van der Waals surface area contributed by atoms with Crippen LogP contribution in [-0.2, 0) is 6.42 Å². The molecule has 19 heavy (non-hydrogen) atoms. The van der Waals surface area contributed by atoms with Crippen LogP contribution in [0.25, 0.3) is 0 Å². The lowest BCUT2D eigenvalue weighted by atomic mass is 10.1. The Morgan fingerprint density at radius 2 is 2.21 bits per heavy atom. The smallest absolute Gasteiger partial charge is 0.171 e. The standard InChI is InChI=1S/C13H15BrN4O/c1-8(2)18-13(16-7-17-18)6-12(19)10-4-3-9(15)5-11(10)14/h3-5,7-8H,6,15H2,1-2H3. The monoisotopic (exact) mass is 322 g/mol. The Morgan fingerprint density at radius 1 is 1.47 bits per heavy atom. The van der Waals surface area contributed by atoms with Gasteiger partial charge < -0.3 is 5.73 Å². The van der Waals surface area contributed by atoms with Crippen LogP contribution in [0.2, 0.25) is 0 Å². The summed E-state index contributed by atoms with van der Waals surface area (Å²) in [5.74, 6) is 0.658. The summed E-state index contributed by atoms with van der Waals surface area (Å²) in [6, 6.07) is 5.34. The molecular weight excluding hydrogens is 308 g/mol. The van der Waals surface area contributed by atoms with E-state index in [0.29, 0.717) is 21.5 Å². The molecule has 2 rings (SSSR count). The molecule has 1 aromatic heterocycles. The zero-order valence-electron chi connectivity index (χ0n) is 10.8. The molecule has 0 radical (unpaired) electrons. The number of Topliss-reactive ketones (excluding diaryl/α,β-unsaturated/α-hetero) is 1. The van der Waals surface area contributed by atoms with Crippen LogP contribution < -0.4 is 5.73 Å². The molecule has 0 saturated heterocycles. The number of carbonyl (C=O) groups is 1. The average Bonchev–Trinajstić information content (AvgIpc) is 2.76. The van der Waals surface area contributed by atoms with Crippen LogP contribution >= 0.6 is 15.9 Å². The van der Waals surface area contributed by atoms with Gasteiger partial charge in [0.1, 0.15) is 12.2 Å². The van der Waals surface area contributed by atoms with Crippen molar-refractivity contribution in [1.29, 1.82) is 0 Å². The van der Waals surface area contributed by atoms with Crippen molar-refractivity contribution in [1.82, 2.24) is 14.8 Å². The van der Waals surface area contributed by atoms with Gasteiger partial charge in [-0.2, -0.15) is 5.10 Å². The van der Waals surface area contributed by atoms with Crippen LogP contribution in [0.15, 0.2) is 29.0 Å². The third-order valence-electron chi connectivity index (χ3n) is 2.75. The van der Waals surface area contributed by atoms with E-state index >= 15 is 0 Å². The van der Waals surface area contributed by atoms with E-state index in [1.807, 2.05) is 13.8 Å². The number of rotatable bonds is 4. The fourth-order valence-electron chi connectivity index (χ4n) is 1.83. The third-order valence-corrected chi connectivity index (χ3v) is 3.40. The Labute approximate surface area is 120 Å². The first-order chi connectivity index (χ1) is 8.99. The SMILES string of the molecule is CC(C)n1ncnc1CC(=O)c1ccc(N)cc1Br. The van der Waals surface area contributed by atoms with E-state index < -0.39 is 0 Å². The Morgan fingerprint density at radius 3 is 2.84 bits per heavy atom. The molecule has 6 heteroatoms. The van der Waals surface area contributed by atoms with Crippen LogP contribution in [0.3, 0.4) is 0 Å². The second kappa shape index (κ2) is 5.52. The van der Waals surface area contributed by atoms with Crippen molar-refractivity contribution in [3.8, 4) is 0 Å². The number of nitrogens with zero attached hydrogens (tertiary/aromatic N) is 3. The number of hydrogen-bond donors (Lipinski definition) is 1. The Bertz CT molecular complexity index is 606. The van der Waals surface area contributed by atoms with Gasteiger partial charge in [-0.3, -0.25) is 4.79 Å². The van der Waals surface area contributed by atoms with Gasteiger partial charge >= 0.3 is 0 Å². The first kappa shape index (κ1) is 13.7. The number of nitrogen functional groups attached to an aromatic ring is 1. The second-order valence-corrected chi connectivity index (χ2v) is 5.41. The minimum atomic E-state index is -0.0122. The first-order valence-corrected chi connectivity index (χ1v) is 6.75. The highest BCUT2D eigenvalue weighted by Gasteiger charge is 2.15. The van der Waals surface area contributed by atoms with Gasteiger partial charge in [0.05, 0.1) is 6.42 Å². The van der Waals surface area contributed by atoms with Gasteiger partial charge in [0.2, 0.25) is 0 Å². The Kier molecular flexibility index (Phi) is 3.99. The van der Waals surface area contributed by atoms with Gasteiger partial charge in [-0.05, 0) is 48.0 Å². The molecule has 5 nitrogen and oxygen atoms in total. The van der Waals surface area contributed by atoms with E-state index in [1.165, 1.54) is 6.33 Å². The topological polar surface area (TPSA) is 73.8 Å². The molecule has 0 aliphatic heterocycles. The molecule has 1 heterocycles. The molecule has 0 aliphatic carbocycles. The molecule has 0 saturated carbocycles. The summed E-state index contributed by atoms with van der Waals surface area (Å²) < 4.78 is 2.46. The molecule has 0 bridgehead atoms. The van der Waals surface area contributed by atoms with E-state index in [1.54, 1.807) is 22.9 Å². The molecule has 2 aromatic rings. The number of carbonyl (C=O) groups excluding carboxylic acids is 1. The molecule has 0 aliphatic rings. The fourth-order valence-corrected chi connectivity index (χ4v) is 2.45. The van der Waals surface area contributed by atoms with Gasteiger partial charge in [-0.1, -0.05) is 0 Å². The predicted molar refractivity (Wildman–Crippen MR) is 77.0 cm³/mol. The van der Waals surface area contributed by atoms with Gasteiger partial charge in [0.15, 0.2) is 5.78 Å². The number of hydrogen-bond acceptors (Lipinski definition) is 4. The maximum absolute atomic E-state index is 12.3. The number of ketones is 1. The number of anilines is 1. The predicted octanol–water partition coefficient (Wildman–Crippen LogP) is 2.63. The molecule has 2 N–H and O–H groups in total. The summed E-state index contributed by atoms with van der Waals surface area (Å²) in [6.07, 6.45) is 1.70. The summed E-state index contributed by atoms with van der Waals surface area (Å²) in [6.45, 7) is 4.00. The number of benzene rings is 1. The maximum Gasteiger partial charge on any atom is 0.171 e. The highest BCUT2D eigenvalue weighted by Crippen LogP contribution is 2.21. The van der Waals surface area contributed by atoms with Crippen LogP contribution in [0.5, 0.6) is 0 Å². The Balaban J connectivity index is 2.23. The van der Waals surface area contributed by atoms with Crippen molar-refractivity contribution < 1.29 is 4.79 Å². The van der Waals surface area contributed by atoms with Gasteiger partial charge in [0, 0.05) is 21.8 Å². The van der Waals surface area contributed by atoms with E-state index in [-0.39, 0.29) is 18.2 Å². The van der Waals surface area contributed by atoms with Crippen LogP contribution in [-0.4, -0.2) is 20.5 Å².